The zero-order valence-electron chi connectivity index (χ0n) is 14.2. The molecule has 0 unspecified atom stereocenters. The first-order valence-corrected chi connectivity index (χ1v) is 8.69. The molecule has 8 heteroatoms. The number of halogens is 2. The number of benzene rings is 1. The first-order valence-electron chi connectivity index (χ1n) is 7.93. The van der Waals surface area contributed by atoms with Crippen LogP contribution in [0, 0.1) is 0 Å². The van der Waals surface area contributed by atoms with Gasteiger partial charge in [-0.05, 0) is 47.4 Å². The van der Waals surface area contributed by atoms with Crippen LogP contribution in [0.2, 0.25) is 10.0 Å². The van der Waals surface area contributed by atoms with Gasteiger partial charge in [-0.2, -0.15) is 0 Å². The lowest BCUT2D eigenvalue weighted by Crippen LogP contribution is -2.34. The SMILES string of the molecule is CC(C)c1c(-c2cc(Cl)cc(Cl)c2)c(NC(=O)NN)nc2ncccc12. The van der Waals surface area contributed by atoms with Gasteiger partial charge in [0.2, 0.25) is 0 Å². The average molecular weight is 390 g/mol. The van der Waals surface area contributed by atoms with E-state index < -0.39 is 6.03 Å². The first-order chi connectivity index (χ1) is 12.4. The van der Waals surface area contributed by atoms with E-state index in [0.29, 0.717) is 21.5 Å². The summed E-state index contributed by atoms with van der Waals surface area (Å²) in [5.74, 6) is 5.68. The minimum atomic E-state index is -0.586. The molecule has 2 aromatic heterocycles. The molecule has 0 aliphatic rings. The lowest BCUT2D eigenvalue weighted by molar-refractivity contribution is 0.252. The summed E-state index contributed by atoms with van der Waals surface area (Å²) in [5.41, 5.74) is 5.03. The molecule has 1 aromatic carbocycles. The summed E-state index contributed by atoms with van der Waals surface area (Å²) in [7, 11) is 0. The third kappa shape index (κ3) is 3.58. The standard InChI is InChI=1S/C18H17Cl2N5O/c1-9(2)14-13-4-3-5-22-16(13)23-17(24-18(26)25-21)15(14)10-6-11(19)8-12(20)7-10/h3-9H,21H2,1-2H3,(H2,22,23,24,25,26). The van der Waals surface area contributed by atoms with E-state index in [9.17, 15) is 4.79 Å². The van der Waals surface area contributed by atoms with E-state index in [1.165, 1.54) is 0 Å². The summed E-state index contributed by atoms with van der Waals surface area (Å²) in [6.07, 6.45) is 1.65. The number of anilines is 1. The second kappa shape index (κ2) is 7.45. The fourth-order valence-electron chi connectivity index (χ4n) is 2.94. The van der Waals surface area contributed by atoms with Gasteiger partial charge in [-0.15, -0.1) is 0 Å². The van der Waals surface area contributed by atoms with Gasteiger partial charge < -0.3 is 0 Å². The smallest absolute Gasteiger partial charge is 0.291 e. The maximum Gasteiger partial charge on any atom is 0.334 e. The third-order valence-electron chi connectivity index (χ3n) is 3.89. The van der Waals surface area contributed by atoms with Crippen LogP contribution < -0.4 is 16.6 Å². The molecular formula is C18H17Cl2N5O. The number of hydrazine groups is 1. The van der Waals surface area contributed by atoms with Gasteiger partial charge in [0, 0.05) is 27.2 Å². The molecule has 0 radical (unpaired) electrons. The Bertz CT molecular complexity index is 970. The van der Waals surface area contributed by atoms with Crippen molar-refractivity contribution in [3.05, 3.63) is 52.1 Å². The monoisotopic (exact) mass is 389 g/mol. The summed E-state index contributed by atoms with van der Waals surface area (Å²) in [5, 5.41) is 4.55. The van der Waals surface area contributed by atoms with Gasteiger partial charge in [-0.25, -0.2) is 20.6 Å². The molecule has 2 amide bonds. The van der Waals surface area contributed by atoms with E-state index in [1.54, 1.807) is 24.4 Å². The number of amides is 2. The largest absolute Gasteiger partial charge is 0.334 e. The Labute approximate surface area is 160 Å². The van der Waals surface area contributed by atoms with Gasteiger partial charge in [-0.1, -0.05) is 37.0 Å². The quantitative estimate of drug-likeness (QED) is 0.343. The molecule has 0 aliphatic heterocycles. The Morgan fingerprint density at radius 2 is 1.88 bits per heavy atom. The van der Waals surface area contributed by atoms with Gasteiger partial charge in [0.25, 0.3) is 0 Å². The number of carbonyl (C=O) groups excluding carboxylic acids is 1. The third-order valence-corrected chi connectivity index (χ3v) is 4.33. The minimum Gasteiger partial charge on any atom is -0.291 e. The van der Waals surface area contributed by atoms with Crippen LogP contribution in [0.3, 0.4) is 0 Å². The molecule has 2 heterocycles. The average Bonchev–Trinajstić information content (AvgIpc) is 2.59. The zero-order chi connectivity index (χ0) is 18.8. The van der Waals surface area contributed by atoms with E-state index in [-0.39, 0.29) is 5.92 Å². The molecular weight excluding hydrogens is 373 g/mol. The van der Waals surface area contributed by atoms with Crippen LogP contribution in [0.1, 0.15) is 25.3 Å². The Hall–Kier alpha value is -2.41. The van der Waals surface area contributed by atoms with Crippen molar-refractivity contribution in [1.29, 1.82) is 0 Å². The van der Waals surface area contributed by atoms with Crippen molar-refractivity contribution in [3.63, 3.8) is 0 Å². The Morgan fingerprint density at radius 3 is 2.50 bits per heavy atom. The van der Waals surface area contributed by atoms with Crippen LogP contribution in [0.4, 0.5) is 10.6 Å². The number of pyridine rings is 2. The van der Waals surface area contributed by atoms with Crippen LogP contribution in [0.15, 0.2) is 36.5 Å². The van der Waals surface area contributed by atoms with Crippen LogP contribution in [-0.4, -0.2) is 16.0 Å². The van der Waals surface area contributed by atoms with E-state index in [1.807, 2.05) is 17.6 Å². The number of aromatic nitrogens is 2. The van der Waals surface area contributed by atoms with Gasteiger partial charge in [0.15, 0.2) is 5.65 Å². The Kier molecular flexibility index (Phi) is 5.27. The van der Waals surface area contributed by atoms with E-state index in [2.05, 4.69) is 29.1 Å². The minimum absolute atomic E-state index is 0.124. The van der Waals surface area contributed by atoms with Crippen LogP contribution in [-0.2, 0) is 0 Å². The number of carbonyl (C=O) groups is 1. The maximum absolute atomic E-state index is 11.9. The molecule has 6 nitrogen and oxygen atoms in total. The number of nitrogens with two attached hydrogens (primary N) is 1. The molecule has 3 rings (SSSR count). The van der Waals surface area contributed by atoms with Crippen LogP contribution in [0.25, 0.3) is 22.2 Å². The van der Waals surface area contributed by atoms with Crippen molar-refractivity contribution in [2.24, 2.45) is 5.84 Å². The molecule has 0 saturated heterocycles. The Morgan fingerprint density at radius 1 is 1.19 bits per heavy atom. The summed E-state index contributed by atoms with van der Waals surface area (Å²) in [6, 6.07) is 8.43. The predicted octanol–water partition coefficient (Wildman–Crippen LogP) is 4.72. The van der Waals surface area contributed by atoms with Gasteiger partial charge in [0.05, 0.1) is 0 Å². The molecule has 0 bridgehead atoms. The first kappa shape index (κ1) is 18.4. The van der Waals surface area contributed by atoms with Crippen LogP contribution in [0.5, 0.6) is 0 Å². The molecule has 0 atom stereocenters. The fraction of sp³-hybridized carbons (Fsp3) is 0.167. The topological polar surface area (TPSA) is 92.9 Å². The molecule has 0 spiro atoms. The second-order valence-corrected chi connectivity index (χ2v) is 6.91. The normalized spacial score (nSPS) is 11.0. The highest BCUT2D eigenvalue weighted by molar-refractivity contribution is 6.35. The van der Waals surface area contributed by atoms with Gasteiger partial charge >= 0.3 is 6.03 Å². The lowest BCUT2D eigenvalue weighted by Gasteiger charge is -2.20. The number of urea groups is 1. The van der Waals surface area contributed by atoms with Gasteiger partial charge in [0.1, 0.15) is 5.82 Å². The van der Waals surface area contributed by atoms with Gasteiger partial charge in [-0.3, -0.25) is 10.7 Å². The predicted molar refractivity (Wildman–Crippen MR) is 105 cm³/mol. The summed E-state index contributed by atoms with van der Waals surface area (Å²) >= 11 is 12.4. The second-order valence-electron chi connectivity index (χ2n) is 6.03. The van der Waals surface area contributed by atoms with Crippen molar-refractivity contribution < 1.29 is 4.79 Å². The number of nitrogens with zero attached hydrogens (tertiary/aromatic N) is 2. The summed E-state index contributed by atoms with van der Waals surface area (Å²) < 4.78 is 0. The summed E-state index contributed by atoms with van der Waals surface area (Å²) in [4.78, 5) is 20.7. The Balaban J connectivity index is 2.40. The number of hydrogen-bond donors (Lipinski definition) is 3. The number of hydrogen-bond acceptors (Lipinski definition) is 4. The summed E-state index contributed by atoms with van der Waals surface area (Å²) in [6.45, 7) is 4.12. The number of nitrogens with one attached hydrogen (secondary N) is 2. The van der Waals surface area contributed by atoms with Crippen LogP contribution >= 0.6 is 23.2 Å². The van der Waals surface area contributed by atoms with Crippen molar-refractivity contribution in [2.45, 2.75) is 19.8 Å². The van der Waals surface area contributed by atoms with Crippen molar-refractivity contribution in [3.8, 4) is 11.1 Å². The van der Waals surface area contributed by atoms with E-state index >= 15 is 0 Å². The van der Waals surface area contributed by atoms with E-state index in [0.717, 1.165) is 22.1 Å². The maximum atomic E-state index is 11.9. The highest BCUT2D eigenvalue weighted by atomic mass is 35.5. The fourth-order valence-corrected chi connectivity index (χ4v) is 3.47. The molecule has 0 saturated carbocycles. The molecule has 134 valence electrons. The molecule has 0 aliphatic carbocycles. The van der Waals surface area contributed by atoms with Crippen molar-refractivity contribution >= 4 is 46.1 Å². The lowest BCUT2D eigenvalue weighted by atomic mass is 9.90. The highest BCUT2D eigenvalue weighted by Gasteiger charge is 2.21. The van der Waals surface area contributed by atoms with Crippen molar-refractivity contribution in [1.82, 2.24) is 15.4 Å². The molecule has 3 aromatic rings. The number of fused-ring (bicyclic) bond motifs is 1. The number of rotatable bonds is 3. The van der Waals surface area contributed by atoms with Crippen molar-refractivity contribution in [2.75, 3.05) is 5.32 Å². The molecule has 26 heavy (non-hydrogen) atoms. The zero-order valence-corrected chi connectivity index (χ0v) is 15.7. The van der Waals surface area contributed by atoms with E-state index in [4.69, 9.17) is 29.0 Å². The molecule has 4 N–H and O–H groups in total. The molecule has 0 fully saturated rings. The highest BCUT2D eigenvalue weighted by Crippen LogP contribution is 2.40.